The molecule has 0 aromatic heterocycles. The van der Waals surface area contributed by atoms with Gasteiger partial charge in [0.25, 0.3) is 0 Å². The Labute approximate surface area is 43.1 Å². The first kappa shape index (κ1) is 1.46. The Morgan fingerprint density at radius 2 is 2.17 bits per heavy atom. The minimum atomic E-state index is -1.04. The topological polar surface area (TPSA) is 21.3 Å². The Bertz CT molecular complexity index is 97.8. The van der Waals surface area contributed by atoms with Crippen LogP contribution in [0.4, 0.5) is 0 Å². The van der Waals surface area contributed by atoms with Crippen molar-refractivity contribution in [3.05, 3.63) is 0 Å². The van der Waals surface area contributed by atoms with Gasteiger partial charge in [-0.25, -0.2) is 0 Å². The van der Waals surface area contributed by atoms with E-state index in [4.69, 9.17) is 5.48 Å². The van der Waals surface area contributed by atoms with Crippen LogP contribution in [0.5, 0.6) is 0 Å². The maximum Gasteiger partial charge on any atom is 0.0591 e. The highest BCUT2D eigenvalue weighted by molar-refractivity contribution is 4.49. The molecule has 1 aliphatic rings. The summed E-state index contributed by atoms with van der Waals surface area (Å²) in [5.41, 5.74) is 0. The van der Waals surface area contributed by atoms with Crippen LogP contribution in [0.25, 0.3) is 0 Å². The zero-order valence-electron chi connectivity index (χ0n) is 7.22. The normalized spacial score (nSPS) is 82.7. The van der Waals surface area contributed by atoms with Crippen LogP contribution >= 0.6 is 0 Å². The van der Waals surface area contributed by atoms with Gasteiger partial charge in [0, 0.05) is 15.8 Å². The Kier molecular flexibility index (Phi) is 0.524. The van der Waals surface area contributed by atoms with Gasteiger partial charge in [0.2, 0.25) is 0 Å². The van der Waals surface area contributed by atoms with Crippen molar-refractivity contribution in [1.29, 1.82) is 0 Å². The predicted octanol–water partition coefficient (Wildman–Crippen LogP) is -0.394. The Balaban J connectivity index is 2.46. The van der Waals surface area contributed by atoms with Crippen molar-refractivity contribution in [2.45, 2.75) is 0 Å². The molecule has 0 aromatic rings. The minimum Gasteiger partial charge on any atom is -0.379 e. The third-order valence-electron chi connectivity index (χ3n) is 0.486. The minimum absolute atomic E-state index is 0.899. The number of rotatable bonds is 0. The van der Waals surface area contributed by atoms with E-state index in [1.807, 2.05) is 0 Å². The highest BCUT2D eigenvalue weighted by Gasteiger charge is 1.92. The lowest BCUT2D eigenvalue weighted by molar-refractivity contribution is 0.109. The molecule has 4 unspecified atom stereocenters. The maximum atomic E-state index is 7.07. The van der Waals surface area contributed by atoms with E-state index in [2.05, 4.69) is 10.1 Å². The molecule has 4 atom stereocenters. The highest BCUT2D eigenvalue weighted by Crippen LogP contribution is 1.76. The summed E-state index contributed by atoms with van der Waals surface area (Å²) in [5, 5.41) is 2.41. The molecule has 1 N–H and O–H groups in total. The van der Waals surface area contributed by atoms with E-state index in [1.165, 1.54) is 0 Å². The van der Waals surface area contributed by atoms with Gasteiger partial charge in [-0.05, 0) is 0 Å². The van der Waals surface area contributed by atoms with Gasteiger partial charge in [-0.3, -0.25) is 0 Å². The third-order valence-corrected chi connectivity index (χ3v) is 0.486. The molecule has 1 rings (SSSR count). The van der Waals surface area contributed by atoms with Crippen molar-refractivity contribution in [3.8, 4) is 0 Å². The fourth-order valence-electron chi connectivity index (χ4n) is 0.258. The van der Waals surface area contributed by atoms with Gasteiger partial charge in [-0.2, -0.15) is 0 Å². The number of ether oxygens (including phenoxy) is 1. The molecule has 1 heterocycles. The summed E-state index contributed by atoms with van der Waals surface area (Å²) in [6, 6.07) is 0. The summed E-state index contributed by atoms with van der Waals surface area (Å²) in [5.74, 6) is 0. The molecule has 2 heteroatoms. The molecule has 0 bridgehead atoms. The van der Waals surface area contributed by atoms with Gasteiger partial charge in [0.1, 0.15) is 0 Å². The molecule has 6 heavy (non-hydrogen) atoms. The van der Waals surface area contributed by atoms with Crippen molar-refractivity contribution in [2.75, 3.05) is 26.2 Å². The molecule has 1 fully saturated rings. The first-order valence-electron chi connectivity index (χ1n) is 4.02. The summed E-state index contributed by atoms with van der Waals surface area (Å²) in [6.45, 7) is -3.87. The number of hydrogen-bond donors (Lipinski definition) is 1. The van der Waals surface area contributed by atoms with E-state index in [9.17, 15) is 0 Å². The molecule has 36 valence electrons. The SMILES string of the molecule is [2H]C1NC([2H])C([2H])OC1[2H]. The number of nitrogens with one attached hydrogen (secondary N) is 1. The van der Waals surface area contributed by atoms with Gasteiger partial charge in [-0.15, -0.1) is 0 Å². The number of hydrogen-bond acceptors (Lipinski definition) is 2. The standard InChI is InChI=1S/C4H9NO/c1-3-6-4-2-5-1/h5H,1-4H2/i1D,2D,3D,4D. The van der Waals surface area contributed by atoms with Gasteiger partial charge < -0.3 is 10.1 Å². The van der Waals surface area contributed by atoms with Gasteiger partial charge in [-0.1, -0.05) is 0 Å². The van der Waals surface area contributed by atoms with Gasteiger partial charge in [0.15, 0.2) is 0 Å². The largest absolute Gasteiger partial charge is 0.379 e. The lowest BCUT2D eigenvalue weighted by Crippen LogP contribution is -2.30. The van der Waals surface area contributed by atoms with Crippen molar-refractivity contribution in [2.24, 2.45) is 0 Å². The van der Waals surface area contributed by atoms with E-state index in [-0.39, 0.29) is 0 Å². The van der Waals surface area contributed by atoms with Crippen LogP contribution in [0.3, 0.4) is 0 Å². The van der Waals surface area contributed by atoms with Crippen LogP contribution in [0.15, 0.2) is 0 Å². The maximum absolute atomic E-state index is 7.07. The second-order valence-electron chi connectivity index (χ2n) is 0.908. The quantitative estimate of drug-likeness (QED) is 0.438. The molecule has 1 saturated heterocycles. The van der Waals surface area contributed by atoms with E-state index in [1.54, 1.807) is 0 Å². The smallest absolute Gasteiger partial charge is 0.0591 e. The molecule has 0 spiro atoms. The fraction of sp³-hybridized carbons (Fsp3) is 1.00. The third kappa shape index (κ3) is 0.954. The fourth-order valence-corrected chi connectivity index (χ4v) is 0.258. The Hall–Kier alpha value is -0.0800. The van der Waals surface area contributed by atoms with E-state index >= 15 is 0 Å². The van der Waals surface area contributed by atoms with Crippen LogP contribution in [0.1, 0.15) is 5.48 Å². The lowest BCUT2D eigenvalue weighted by atomic mass is 10.5. The van der Waals surface area contributed by atoms with Crippen molar-refractivity contribution in [3.63, 3.8) is 0 Å². The van der Waals surface area contributed by atoms with Crippen molar-refractivity contribution in [1.82, 2.24) is 5.32 Å². The van der Waals surface area contributed by atoms with E-state index < -0.39 is 26.2 Å². The molecule has 0 aromatic carbocycles. The molecular formula is C4H9NO. The average Bonchev–Trinajstić information content (AvgIpc) is 1.84. The zero-order chi connectivity index (χ0) is 7.72. The van der Waals surface area contributed by atoms with Gasteiger partial charge in [0.05, 0.1) is 15.9 Å². The second kappa shape index (κ2) is 2.16. The van der Waals surface area contributed by atoms with E-state index in [0.717, 1.165) is 0 Å². The molecule has 1 aliphatic heterocycles. The second-order valence-corrected chi connectivity index (χ2v) is 0.908. The Morgan fingerprint density at radius 1 is 1.50 bits per heavy atom. The molecule has 0 saturated carbocycles. The summed E-state index contributed by atoms with van der Waals surface area (Å²) in [7, 11) is 0. The monoisotopic (exact) mass is 91.1 g/mol. The molecular weight excluding hydrogens is 78.0 g/mol. The van der Waals surface area contributed by atoms with Gasteiger partial charge >= 0.3 is 0 Å². The summed E-state index contributed by atoms with van der Waals surface area (Å²) >= 11 is 0. The summed E-state index contributed by atoms with van der Waals surface area (Å²) in [6.07, 6.45) is 0. The van der Waals surface area contributed by atoms with Crippen LogP contribution in [-0.4, -0.2) is 26.2 Å². The summed E-state index contributed by atoms with van der Waals surface area (Å²) < 4.78 is 32.8. The molecule has 0 aliphatic carbocycles. The number of morpholine rings is 1. The summed E-state index contributed by atoms with van der Waals surface area (Å²) in [4.78, 5) is 0. The van der Waals surface area contributed by atoms with Crippen LogP contribution < -0.4 is 5.32 Å². The molecule has 0 amide bonds. The van der Waals surface area contributed by atoms with Crippen molar-refractivity contribution >= 4 is 0 Å². The van der Waals surface area contributed by atoms with Crippen LogP contribution in [0, 0.1) is 0 Å². The van der Waals surface area contributed by atoms with Crippen molar-refractivity contribution < 1.29 is 10.2 Å². The molecule has 0 radical (unpaired) electrons. The zero-order valence-corrected chi connectivity index (χ0v) is 3.22. The molecule has 2 nitrogen and oxygen atoms in total. The average molecular weight is 91.1 g/mol. The lowest BCUT2D eigenvalue weighted by Gasteiger charge is -2.10. The first-order chi connectivity index (χ1) is 4.61. The highest BCUT2D eigenvalue weighted by atomic mass is 16.5. The van der Waals surface area contributed by atoms with Crippen LogP contribution in [0.2, 0.25) is 0 Å². The Morgan fingerprint density at radius 3 is 2.67 bits per heavy atom. The predicted molar refractivity (Wildman–Crippen MR) is 23.7 cm³/mol. The van der Waals surface area contributed by atoms with Crippen LogP contribution in [-0.2, 0) is 4.74 Å². The van der Waals surface area contributed by atoms with E-state index in [0.29, 0.717) is 0 Å². The first-order valence-corrected chi connectivity index (χ1v) is 1.72.